The van der Waals surface area contributed by atoms with E-state index in [0.717, 1.165) is 18.4 Å². The Labute approximate surface area is 101 Å². The van der Waals surface area contributed by atoms with Crippen LogP contribution in [-0.4, -0.2) is 24.5 Å². The molecule has 0 spiro atoms. The Morgan fingerprint density at radius 3 is 3.06 bits per heavy atom. The topological polar surface area (TPSA) is 77.2 Å². The largest absolute Gasteiger partial charge is 0.481 e. The first-order valence-electron chi connectivity index (χ1n) is 5.72. The van der Waals surface area contributed by atoms with Gasteiger partial charge < -0.3 is 15.8 Å². The molecule has 0 saturated heterocycles. The van der Waals surface area contributed by atoms with Gasteiger partial charge in [0, 0.05) is 25.2 Å². The lowest BCUT2D eigenvalue weighted by atomic mass is 10.2. The van der Waals surface area contributed by atoms with Crippen LogP contribution in [0.2, 0.25) is 0 Å². The van der Waals surface area contributed by atoms with E-state index in [-0.39, 0.29) is 5.91 Å². The number of rotatable bonds is 7. The Bertz CT molecular complexity index is 355. The summed E-state index contributed by atoms with van der Waals surface area (Å²) in [5.41, 5.74) is 6.34. The SMILES string of the molecule is COc1cc(CNC(=O)CCCCN)ccn1. The van der Waals surface area contributed by atoms with Gasteiger partial charge in [0.1, 0.15) is 0 Å². The van der Waals surface area contributed by atoms with Crippen molar-refractivity contribution >= 4 is 5.91 Å². The minimum atomic E-state index is 0.0502. The fourth-order valence-corrected chi connectivity index (χ4v) is 1.39. The molecular weight excluding hydrogens is 218 g/mol. The van der Waals surface area contributed by atoms with E-state index in [9.17, 15) is 4.79 Å². The van der Waals surface area contributed by atoms with Gasteiger partial charge in [-0.3, -0.25) is 4.79 Å². The number of methoxy groups -OCH3 is 1. The van der Waals surface area contributed by atoms with Gasteiger partial charge in [0.05, 0.1) is 7.11 Å². The number of aromatic nitrogens is 1. The van der Waals surface area contributed by atoms with Crippen molar-refractivity contribution in [3.8, 4) is 5.88 Å². The van der Waals surface area contributed by atoms with Crippen molar-refractivity contribution in [3.05, 3.63) is 23.9 Å². The Morgan fingerprint density at radius 1 is 1.53 bits per heavy atom. The number of nitrogens with zero attached hydrogens (tertiary/aromatic N) is 1. The second kappa shape index (κ2) is 7.62. The van der Waals surface area contributed by atoms with Crippen LogP contribution < -0.4 is 15.8 Å². The summed E-state index contributed by atoms with van der Waals surface area (Å²) in [4.78, 5) is 15.4. The molecule has 94 valence electrons. The fourth-order valence-electron chi connectivity index (χ4n) is 1.39. The number of nitrogens with two attached hydrogens (primary N) is 1. The first-order valence-corrected chi connectivity index (χ1v) is 5.72. The molecule has 0 aliphatic carbocycles. The number of unbranched alkanes of at least 4 members (excludes halogenated alkanes) is 1. The van der Waals surface area contributed by atoms with Crippen LogP contribution in [0.1, 0.15) is 24.8 Å². The molecule has 0 radical (unpaired) electrons. The number of carbonyl (C=O) groups is 1. The van der Waals surface area contributed by atoms with Gasteiger partial charge >= 0.3 is 0 Å². The number of hydrogen-bond donors (Lipinski definition) is 2. The third-order valence-corrected chi connectivity index (χ3v) is 2.36. The molecule has 0 aliphatic heterocycles. The highest BCUT2D eigenvalue weighted by Gasteiger charge is 2.02. The van der Waals surface area contributed by atoms with Crippen LogP contribution in [0, 0.1) is 0 Å². The number of pyridine rings is 1. The number of carbonyl (C=O) groups excluding carboxylic acids is 1. The number of hydrogen-bond acceptors (Lipinski definition) is 4. The van der Waals surface area contributed by atoms with Gasteiger partial charge in [-0.15, -0.1) is 0 Å². The van der Waals surface area contributed by atoms with Crippen molar-refractivity contribution in [1.29, 1.82) is 0 Å². The third kappa shape index (κ3) is 5.31. The lowest BCUT2D eigenvalue weighted by Crippen LogP contribution is -2.22. The van der Waals surface area contributed by atoms with Crippen LogP contribution in [0.4, 0.5) is 0 Å². The van der Waals surface area contributed by atoms with E-state index in [0.29, 0.717) is 25.4 Å². The maximum Gasteiger partial charge on any atom is 0.220 e. The van der Waals surface area contributed by atoms with Gasteiger partial charge in [-0.25, -0.2) is 4.98 Å². The standard InChI is InChI=1S/C12H19N3O2/c1-17-12-8-10(5-7-14-12)9-15-11(16)4-2-3-6-13/h5,7-8H,2-4,6,9,13H2,1H3,(H,15,16). The van der Waals surface area contributed by atoms with Crippen molar-refractivity contribution < 1.29 is 9.53 Å². The summed E-state index contributed by atoms with van der Waals surface area (Å²) in [7, 11) is 1.57. The third-order valence-electron chi connectivity index (χ3n) is 2.36. The summed E-state index contributed by atoms with van der Waals surface area (Å²) < 4.78 is 5.00. The molecule has 5 nitrogen and oxygen atoms in total. The van der Waals surface area contributed by atoms with Crippen molar-refractivity contribution in [2.75, 3.05) is 13.7 Å². The first kappa shape index (κ1) is 13.4. The molecule has 3 N–H and O–H groups in total. The molecule has 0 aliphatic rings. The van der Waals surface area contributed by atoms with Gasteiger partial charge in [-0.2, -0.15) is 0 Å². The van der Waals surface area contributed by atoms with Crippen molar-refractivity contribution in [2.24, 2.45) is 5.73 Å². The van der Waals surface area contributed by atoms with E-state index < -0.39 is 0 Å². The highest BCUT2D eigenvalue weighted by Crippen LogP contribution is 2.08. The molecule has 0 atom stereocenters. The zero-order valence-electron chi connectivity index (χ0n) is 10.1. The molecule has 5 heteroatoms. The molecule has 1 heterocycles. The highest BCUT2D eigenvalue weighted by molar-refractivity contribution is 5.75. The van der Waals surface area contributed by atoms with Gasteiger partial charge in [-0.1, -0.05) is 0 Å². The molecule has 0 bridgehead atoms. The van der Waals surface area contributed by atoms with E-state index in [2.05, 4.69) is 10.3 Å². The summed E-state index contributed by atoms with van der Waals surface area (Å²) in [6.07, 6.45) is 3.91. The molecule has 0 unspecified atom stereocenters. The smallest absolute Gasteiger partial charge is 0.220 e. The monoisotopic (exact) mass is 237 g/mol. The maximum absolute atomic E-state index is 11.4. The van der Waals surface area contributed by atoms with Crippen LogP contribution >= 0.6 is 0 Å². The fraction of sp³-hybridized carbons (Fsp3) is 0.500. The van der Waals surface area contributed by atoms with Gasteiger partial charge in [0.25, 0.3) is 0 Å². The van der Waals surface area contributed by atoms with Crippen LogP contribution in [0.3, 0.4) is 0 Å². The summed E-state index contributed by atoms with van der Waals surface area (Å²) in [5.74, 6) is 0.606. The van der Waals surface area contributed by atoms with Gasteiger partial charge in [-0.05, 0) is 31.0 Å². The average molecular weight is 237 g/mol. The van der Waals surface area contributed by atoms with Crippen molar-refractivity contribution in [3.63, 3.8) is 0 Å². The van der Waals surface area contributed by atoms with E-state index in [1.165, 1.54) is 0 Å². The molecule has 0 saturated carbocycles. The summed E-state index contributed by atoms with van der Waals surface area (Å²) in [6.45, 7) is 1.13. The number of ether oxygens (including phenoxy) is 1. The van der Waals surface area contributed by atoms with E-state index in [4.69, 9.17) is 10.5 Å². The zero-order chi connectivity index (χ0) is 12.5. The summed E-state index contributed by atoms with van der Waals surface area (Å²) >= 11 is 0. The first-order chi connectivity index (χ1) is 8.26. The highest BCUT2D eigenvalue weighted by atomic mass is 16.5. The Morgan fingerprint density at radius 2 is 2.35 bits per heavy atom. The second-order valence-electron chi connectivity index (χ2n) is 3.73. The van der Waals surface area contributed by atoms with Crippen LogP contribution in [-0.2, 0) is 11.3 Å². The van der Waals surface area contributed by atoms with Crippen LogP contribution in [0.15, 0.2) is 18.3 Å². The van der Waals surface area contributed by atoms with Crippen LogP contribution in [0.5, 0.6) is 5.88 Å². The molecule has 1 aromatic heterocycles. The summed E-state index contributed by atoms with van der Waals surface area (Å²) in [5, 5.41) is 2.85. The minimum Gasteiger partial charge on any atom is -0.481 e. The lowest BCUT2D eigenvalue weighted by molar-refractivity contribution is -0.121. The number of amides is 1. The molecule has 1 amide bonds. The average Bonchev–Trinajstić information content (AvgIpc) is 2.37. The Balaban J connectivity index is 2.31. The molecule has 17 heavy (non-hydrogen) atoms. The molecule has 1 aromatic rings. The van der Waals surface area contributed by atoms with Gasteiger partial charge in [0.15, 0.2) is 0 Å². The predicted octanol–water partition coefficient (Wildman–Crippen LogP) is 0.835. The minimum absolute atomic E-state index is 0.0502. The molecule has 0 fully saturated rings. The zero-order valence-corrected chi connectivity index (χ0v) is 10.1. The normalized spacial score (nSPS) is 10.0. The molecule has 1 rings (SSSR count). The Hall–Kier alpha value is -1.62. The van der Waals surface area contributed by atoms with Gasteiger partial charge in [0.2, 0.25) is 11.8 Å². The summed E-state index contributed by atoms with van der Waals surface area (Å²) in [6, 6.07) is 3.66. The van der Waals surface area contributed by atoms with E-state index >= 15 is 0 Å². The second-order valence-corrected chi connectivity index (χ2v) is 3.73. The Kier molecular flexibility index (Phi) is 6.03. The quantitative estimate of drug-likeness (QED) is 0.689. The number of nitrogens with one attached hydrogen (secondary N) is 1. The van der Waals surface area contributed by atoms with Crippen molar-refractivity contribution in [1.82, 2.24) is 10.3 Å². The predicted molar refractivity (Wildman–Crippen MR) is 65.5 cm³/mol. The maximum atomic E-state index is 11.4. The molecule has 0 aromatic carbocycles. The van der Waals surface area contributed by atoms with E-state index in [1.807, 2.05) is 6.07 Å². The van der Waals surface area contributed by atoms with Crippen molar-refractivity contribution in [2.45, 2.75) is 25.8 Å². The molecular formula is C12H19N3O2. The lowest BCUT2D eigenvalue weighted by Gasteiger charge is -2.06. The van der Waals surface area contributed by atoms with Crippen LogP contribution in [0.25, 0.3) is 0 Å². The van der Waals surface area contributed by atoms with E-state index in [1.54, 1.807) is 19.4 Å².